The molecule has 0 bridgehead atoms. The fraction of sp³-hybridized carbons (Fsp3) is 0.250. The number of benzene rings is 1. The number of carbonyl (C=O) groups excluding carboxylic acids is 1. The number of hydrogen-bond acceptors (Lipinski definition) is 2. The van der Waals surface area contributed by atoms with Gasteiger partial charge in [0.2, 0.25) is 5.91 Å². The molecule has 0 saturated carbocycles. The highest BCUT2D eigenvalue weighted by molar-refractivity contribution is 9.10. The van der Waals surface area contributed by atoms with Crippen LogP contribution < -0.4 is 10.6 Å². The molecule has 2 N–H and O–H groups in total. The van der Waals surface area contributed by atoms with E-state index >= 15 is 0 Å². The summed E-state index contributed by atoms with van der Waals surface area (Å²) in [5.41, 5.74) is 6.54. The van der Waals surface area contributed by atoms with Crippen molar-refractivity contribution >= 4 is 33.2 Å². The molecule has 3 nitrogen and oxygen atoms in total. The van der Waals surface area contributed by atoms with Crippen molar-refractivity contribution in [3.8, 4) is 12.3 Å². The Labute approximate surface area is 107 Å². The van der Waals surface area contributed by atoms with E-state index in [2.05, 4.69) is 21.9 Å². The summed E-state index contributed by atoms with van der Waals surface area (Å²) in [5, 5.41) is 0. The number of nitrogens with two attached hydrogens (primary N) is 1. The molecule has 1 aromatic carbocycles. The molecule has 0 aliphatic carbocycles. The zero-order chi connectivity index (χ0) is 12.6. The summed E-state index contributed by atoms with van der Waals surface area (Å²) in [7, 11) is 0. The van der Waals surface area contributed by atoms with Crippen molar-refractivity contribution < 1.29 is 9.18 Å². The van der Waals surface area contributed by atoms with Crippen LogP contribution >= 0.6 is 15.9 Å². The number of halogens is 2. The second-order valence-electron chi connectivity index (χ2n) is 3.89. The van der Waals surface area contributed by atoms with Crippen molar-refractivity contribution in [2.75, 3.05) is 17.2 Å². The van der Waals surface area contributed by atoms with Crippen LogP contribution in [0.4, 0.5) is 15.8 Å². The van der Waals surface area contributed by atoms with Crippen LogP contribution in [0.5, 0.6) is 0 Å². The van der Waals surface area contributed by atoms with Gasteiger partial charge in [-0.2, -0.15) is 0 Å². The van der Waals surface area contributed by atoms with E-state index in [-0.39, 0.29) is 18.2 Å². The molecular weight excluding hydrogens is 287 g/mol. The lowest BCUT2D eigenvalue weighted by Crippen LogP contribution is -2.25. The van der Waals surface area contributed by atoms with E-state index < -0.39 is 5.82 Å². The second-order valence-corrected chi connectivity index (χ2v) is 4.75. The highest BCUT2D eigenvalue weighted by atomic mass is 79.9. The van der Waals surface area contributed by atoms with Crippen molar-refractivity contribution in [3.63, 3.8) is 0 Å². The zero-order valence-electron chi connectivity index (χ0n) is 8.91. The van der Waals surface area contributed by atoms with Crippen molar-refractivity contribution in [3.05, 3.63) is 22.4 Å². The Hall–Kier alpha value is -1.54. The topological polar surface area (TPSA) is 46.3 Å². The van der Waals surface area contributed by atoms with Crippen LogP contribution in [0.25, 0.3) is 0 Å². The van der Waals surface area contributed by atoms with E-state index in [4.69, 9.17) is 12.2 Å². The Kier molecular flexibility index (Phi) is 3.07. The third-order valence-electron chi connectivity index (χ3n) is 2.72. The average Bonchev–Trinajstić information content (AvgIpc) is 2.65. The van der Waals surface area contributed by atoms with E-state index in [9.17, 15) is 9.18 Å². The van der Waals surface area contributed by atoms with Gasteiger partial charge in [-0.25, -0.2) is 4.39 Å². The minimum atomic E-state index is -0.446. The maximum atomic E-state index is 13.3. The molecule has 1 saturated heterocycles. The number of rotatable bonds is 1. The molecular formula is C12H10BrFN2O. The molecule has 1 unspecified atom stereocenters. The van der Waals surface area contributed by atoms with E-state index in [1.54, 1.807) is 0 Å². The van der Waals surface area contributed by atoms with Crippen LogP contribution in [0.15, 0.2) is 16.6 Å². The first kappa shape index (κ1) is 11.9. The van der Waals surface area contributed by atoms with Gasteiger partial charge in [-0.3, -0.25) is 4.79 Å². The quantitative estimate of drug-likeness (QED) is 0.638. The van der Waals surface area contributed by atoms with Gasteiger partial charge < -0.3 is 10.6 Å². The lowest BCUT2D eigenvalue weighted by Gasteiger charge is -2.19. The van der Waals surface area contributed by atoms with E-state index in [1.807, 2.05) is 0 Å². The monoisotopic (exact) mass is 296 g/mol. The van der Waals surface area contributed by atoms with Crippen LogP contribution in [0, 0.1) is 24.1 Å². The van der Waals surface area contributed by atoms with E-state index in [0.717, 1.165) is 0 Å². The lowest BCUT2D eigenvalue weighted by atomic mass is 10.1. The summed E-state index contributed by atoms with van der Waals surface area (Å²) in [6.07, 6.45) is 5.57. The smallest absolute Gasteiger partial charge is 0.228 e. The minimum absolute atomic E-state index is 0.128. The Morgan fingerprint density at radius 2 is 2.29 bits per heavy atom. The third kappa shape index (κ3) is 2.13. The van der Waals surface area contributed by atoms with Crippen molar-refractivity contribution in [1.82, 2.24) is 0 Å². The summed E-state index contributed by atoms with van der Waals surface area (Å²) < 4.78 is 13.7. The maximum Gasteiger partial charge on any atom is 0.228 e. The highest BCUT2D eigenvalue weighted by Gasteiger charge is 2.31. The van der Waals surface area contributed by atoms with Crippen molar-refractivity contribution in [2.45, 2.75) is 6.42 Å². The van der Waals surface area contributed by atoms with Gasteiger partial charge in [-0.1, -0.05) is 0 Å². The number of nitrogen functional groups attached to an aromatic ring is 1. The molecule has 1 fully saturated rings. The Bertz CT molecular complexity index is 524. The van der Waals surface area contributed by atoms with Crippen LogP contribution in [0.3, 0.4) is 0 Å². The summed E-state index contributed by atoms with van der Waals surface area (Å²) >= 11 is 3.15. The van der Waals surface area contributed by atoms with Crippen molar-refractivity contribution in [2.24, 2.45) is 5.92 Å². The van der Waals surface area contributed by atoms with Gasteiger partial charge in [-0.15, -0.1) is 12.3 Å². The zero-order valence-corrected chi connectivity index (χ0v) is 10.5. The van der Waals surface area contributed by atoms with Gasteiger partial charge in [0, 0.05) is 23.4 Å². The van der Waals surface area contributed by atoms with Gasteiger partial charge in [0.25, 0.3) is 0 Å². The number of carbonyl (C=O) groups is 1. The molecule has 1 amide bonds. The van der Waals surface area contributed by atoms with Gasteiger partial charge in [0.1, 0.15) is 5.82 Å². The van der Waals surface area contributed by atoms with Crippen LogP contribution in [-0.4, -0.2) is 12.5 Å². The number of hydrogen-bond donors (Lipinski definition) is 1. The standard InChI is InChI=1S/C12H10BrFN2O/c1-2-7-3-11(17)16(6-7)10-5-8(14)4-9(13)12(10)15/h1,4-5,7H,3,6,15H2. The summed E-state index contributed by atoms with van der Waals surface area (Å²) in [4.78, 5) is 13.2. The number of amides is 1. The van der Waals surface area contributed by atoms with Gasteiger partial charge in [0.05, 0.1) is 11.4 Å². The number of terminal acetylenes is 1. The maximum absolute atomic E-state index is 13.3. The lowest BCUT2D eigenvalue weighted by molar-refractivity contribution is -0.117. The Balaban J connectivity index is 2.42. The SMILES string of the molecule is C#CC1CC(=O)N(c2cc(F)cc(Br)c2N)C1. The molecule has 88 valence electrons. The Morgan fingerprint density at radius 1 is 1.59 bits per heavy atom. The number of anilines is 2. The summed E-state index contributed by atoms with van der Waals surface area (Å²) in [6.45, 7) is 0.384. The molecule has 1 heterocycles. The van der Waals surface area contributed by atoms with Gasteiger partial charge >= 0.3 is 0 Å². The summed E-state index contributed by atoms with van der Waals surface area (Å²) in [6, 6.07) is 2.51. The largest absolute Gasteiger partial charge is 0.396 e. The fourth-order valence-corrected chi connectivity index (χ4v) is 2.27. The third-order valence-corrected chi connectivity index (χ3v) is 3.38. The normalized spacial score (nSPS) is 19.5. The van der Waals surface area contributed by atoms with Crippen LogP contribution in [0.1, 0.15) is 6.42 Å². The molecule has 5 heteroatoms. The highest BCUT2D eigenvalue weighted by Crippen LogP contribution is 2.35. The molecule has 1 aromatic rings. The van der Waals surface area contributed by atoms with Gasteiger partial charge in [0.15, 0.2) is 0 Å². The number of nitrogens with zero attached hydrogens (tertiary/aromatic N) is 1. The van der Waals surface area contributed by atoms with E-state index in [1.165, 1.54) is 17.0 Å². The first-order valence-corrected chi connectivity index (χ1v) is 5.83. The molecule has 0 aromatic heterocycles. The molecule has 2 rings (SSSR count). The van der Waals surface area contributed by atoms with Crippen LogP contribution in [-0.2, 0) is 4.79 Å². The van der Waals surface area contributed by atoms with Gasteiger partial charge in [-0.05, 0) is 28.1 Å². The predicted octanol–water partition coefficient (Wildman–Crippen LogP) is 2.16. The first-order chi connectivity index (χ1) is 8.02. The van der Waals surface area contributed by atoms with Crippen LogP contribution in [0.2, 0.25) is 0 Å². The molecule has 17 heavy (non-hydrogen) atoms. The molecule has 1 aliphatic heterocycles. The second kappa shape index (κ2) is 4.38. The average molecular weight is 297 g/mol. The fourth-order valence-electron chi connectivity index (χ4n) is 1.85. The molecule has 0 spiro atoms. The predicted molar refractivity (Wildman–Crippen MR) is 67.8 cm³/mol. The minimum Gasteiger partial charge on any atom is -0.396 e. The first-order valence-electron chi connectivity index (χ1n) is 5.04. The molecule has 1 atom stereocenters. The molecule has 0 radical (unpaired) electrons. The summed E-state index contributed by atoms with van der Waals surface area (Å²) in [5.74, 6) is 1.82. The Morgan fingerprint density at radius 3 is 2.88 bits per heavy atom. The van der Waals surface area contributed by atoms with Crippen molar-refractivity contribution in [1.29, 1.82) is 0 Å². The molecule has 1 aliphatic rings. The van der Waals surface area contributed by atoms with E-state index in [0.29, 0.717) is 22.4 Å².